The highest BCUT2D eigenvalue weighted by Gasteiger charge is 2.29. The van der Waals surface area contributed by atoms with Crippen LogP contribution in [0.2, 0.25) is 0 Å². The molecule has 0 unspecified atom stereocenters. The van der Waals surface area contributed by atoms with Crippen molar-refractivity contribution in [1.29, 1.82) is 0 Å². The lowest BCUT2D eigenvalue weighted by atomic mass is 10.1. The van der Waals surface area contributed by atoms with Gasteiger partial charge in [0.2, 0.25) is 5.78 Å². The smallest absolute Gasteiger partial charge is 0.232 e. The Morgan fingerprint density at radius 3 is 2.62 bits per heavy atom. The number of rotatable bonds is 3. The first kappa shape index (κ1) is 13.2. The first-order valence-electron chi connectivity index (χ1n) is 6.48. The molecule has 3 rings (SSSR count). The molecule has 0 radical (unpaired) electrons. The van der Waals surface area contributed by atoms with Crippen molar-refractivity contribution in [3.63, 3.8) is 0 Å². The Hall–Kier alpha value is -2.75. The van der Waals surface area contributed by atoms with Crippen molar-refractivity contribution >= 4 is 11.9 Å². The molecule has 1 aliphatic heterocycles. The van der Waals surface area contributed by atoms with Crippen LogP contribution >= 0.6 is 0 Å². The zero-order chi connectivity index (χ0) is 14.8. The largest absolute Gasteiger partial charge is 0.497 e. The number of hydrogen-bond donors (Lipinski definition) is 0. The minimum Gasteiger partial charge on any atom is -0.497 e. The molecule has 21 heavy (non-hydrogen) atoms. The predicted molar refractivity (Wildman–Crippen MR) is 78.9 cm³/mol. The van der Waals surface area contributed by atoms with Crippen LogP contribution < -0.4 is 14.2 Å². The maximum Gasteiger partial charge on any atom is 0.232 e. The third-order valence-corrected chi connectivity index (χ3v) is 3.27. The summed E-state index contributed by atoms with van der Waals surface area (Å²) in [6.07, 6.45) is 1.70. The minimum atomic E-state index is -0.147. The number of Topliss-reactive ketones (excluding diaryl/α,β-unsaturated/α-hetero) is 1. The van der Waals surface area contributed by atoms with Gasteiger partial charge in [-0.15, -0.1) is 0 Å². The van der Waals surface area contributed by atoms with Crippen molar-refractivity contribution in [1.82, 2.24) is 0 Å². The second-order valence-corrected chi connectivity index (χ2v) is 4.55. The maximum atomic E-state index is 12.3. The van der Waals surface area contributed by atoms with Gasteiger partial charge in [0.25, 0.3) is 0 Å². The molecule has 4 heteroatoms. The van der Waals surface area contributed by atoms with Crippen LogP contribution in [0.4, 0.5) is 0 Å². The third-order valence-electron chi connectivity index (χ3n) is 3.27. The molecule has 0 spiro atoms. The summed E-state index contributed by atoms with van der Waals surface area (Å²) in [4.78, 5) is 12.3. The van der Waals surface area contributed by atoms with E-state index in [1.165, 1.54) is 0 Å². The Morgan fingerprint density at radius 2 is 1.86 bits per heavy atom. The Balaban J connectivity index is 1.99. The lowest BCUT2D eigenvalue weighted by molar-refractivity contribution is 0.101. The Bertz CT molecular complexity index is 731. The van der Waals surface area contributed by atoms with Crippen LogP contribution in [-0.4, -0.2) is 20.0 Å². The summed E-state index contributed by atoms with van der Waals surface area (Å²) < 4.78 is 16.0. The molecule has 2 aromatic carbocycles. The van der Waals surface area contributed by atoms with Gasteiger partial charge in [0, 0.05) is 0 Å². The number of benzene rings is 2. The molecular weight excluding hydrogens is 268 g/mol. The van der Waals surface area contributed by atoms with Crippen molar-refractivity contribution < 1.29 is 19.0 Å². The van der Waals surface area contributed by atoms with Crippen molar-refractivity contribution in [3.8, 4) is 17.2 Å². The van der Waals surface area contributed by atoms with E-state index in [0.29, 0.717) is 17.1 Å². The number of carbonyl (C=O) groups is 1. The van der Waals surface area contributed by atoms with E-state index < -0.39 is 0 Å². The maximum absolute atomic E-state index is 12.3. The summed E-state index contributed by atoms with van der Waals surface area (Å²) in [5, 5.41) is 0. The lowest BCUT2D eigenvalue weighted by Gasteiger charge is -2.04. The quantitative estimate of drug-likeness (QED) is 0.810. The molecule has 0 saturated heterocycles. The summed E-state index contributed by atoms with van der Waals surface area (Å²) >= 11 is 0. The highest BCUT2D eigenvalue weighted by Crippen LogP contribution is 2.39. The summed E-state index contributed by atoms with van der Waals surface area (Å²) in [5.41, 5.74) is 1.35. The molecule has 0 bridgehead atoms. The van der Waals surface area contributed by atoms with Crippen LogP contribution in [0.15, 0.2) is 48.2 Å². The van der Waals surface area contributed by atoms with Crippen LogP contribution in [0.1, 0.15) is 15.9 Å². The molecule has 1 aliphatic rings. The Kier molecular flexibility index (Phi) is 3.36. The first-order chi connectivity index (χ1) is 10.2. The number of ether oxygens (including phenoxy) is 3. The van der Waals surface area contributed by atoms with E-state index in [9.17, 15) is 4.79 Å². The van der Waals surface area contributed by atoms with Crippen LogP contribution in [0.5, 0.6) is 17.2 Å². The first-order valence-corrected chi connectivity index (χ1v) is 6.48. The zero-order valence-corrected chi connectivity index (χ0v) is 11.8. The average molecular weight is 282 g/mol. The molecule has 0 amide bonds. The summed E-state index contributed by atoms with van der Waals surface area (Å²) in [5.74, 6) is 1.88. The van der Waals surface area contributed by atoms with E-state index in [1.54, 1.807) is 38.5 Å². The van der Waals surface area contributed by atoms with Crippen molar-refractivity contribution in [2.24, 2.45) is 0 Å². The molecule has 106 valence electrons. The normalized spacial score (nSPS) is 14.8. The molecule has 0 saturated carbocycles. The number of para-hydroxylation sites is 1. The molecule has 4 nitrogen and oxygen atoms in total. The van der Waals surface area contributed by atoms with Gasteiger partial charge in [-0.3, -0.25) is 4.79 Å². The topological polar surface area (TPSA) is 44.8 Å². The van der Waals surface area contributed by atoms with Crippen molar-refractivity contribution in [3.05, 3.63) is 59.4 Å². The van der Waals surface area contributed by atoms with Gasteiger partial charge in [0.1, 0.15) is 5.75 Å². The van der Waals surface area contributed by atoms with Crippen LogP contribution in [0, 0.1) is 0 Å². The minimum absolute atomic E-state index is 0.147. The van der Waals surface area contributed by atoms with Crippen LogP contribution in [0.25, 0.3) is 6.08 Å². The Labute approximate surface area is 122 Å². The SMILES string of the molecule is COc1cccc(/C=C2/Oc3c(OC)cccc3C2=O)c1. The molecule has 0 N–H and O–H groups in total. The van der Waals surface area contributed by atoms with E-state index in [1.807, 2.05) is 24.3 Å². The van der Waals surface area contributed by atoms with Gasteiger partial charge in [-0.2, -0.15) is 0 Å². The molecular formula is C17H14O4. The number of carbonyl (C=O) groups excluding carboxylic acids is 1. The zero-order valence-electron chi connectivity index (χ0n) is 11.8. The second-order valence-electron chi connectivity index (χ2n) is 4.55. The fourth-order valence-corrected chi connectivity index (χ4v) is 2.23. The summed E-state index contributed by atoms with van der Waals surface area (Å²) in [6.45, 7) is 0. The molecule has 0 atom stereocenters. The van der Waals surface area contributed by atoms with E-state index in [-0.39, 0.29) is 11.5 Å². The molecule has 0 aliphatic carbocycles. The third kappa shape index (κ3) is 2.36. The van der Waals surface area contributed by atoms with Gasteiger partial charge in [0.05, 0.1) is 19.8 Å². The monoisotopic (exact) mass is 282 g/mol. The van der Waals surface area contributed by atoms with Gasteiger partial charge >= 0.3 is 0 Å². The van der Waals surface area contributed by atoms with Crippen molar-refractivity contribution in [2.75, 3.05) is 14.2 Å². The van der Waals surface area contributed by atoms with Gasteiger partial charge in [-0.25, -0.2) is 0 Å². The number of allylic oxidation sites excluding steroid dienone is 1. The van der Waals surface area contributed by atoms with E-state index in [0.717, 1.165) is 11.3 Å². The fourth-order valence-electron chi connectivity index (χ4n) is 2.23. The number of fused-ring (bicyclic) bond motifs is 1. The van der Waals surface area contributed by atoms with Crippen molar-refractivity contribution in [2.45, 2.75) is 0 Å². The van der Waals surface area contributed by atoms with Crippen LogP contribution in [-0.2, 0) is 0 Å². The average Bonchev–Trinajstić information content (AvgIpc) is 2.84. The number of methoxy groups -OCH3 is 2. The summed E-state index contributed by atoms with van der Waals surface area (Å²) in [7, 11) is 3.15. The highest BCUT2D eigenvalue weighted by atomic mass is 16.5. The molecule has 2 aromatic rings. The number of hydrogen-bond acceptors (Lipinski definition) is 4. The van der Waals surface area contributed by atoms with E-state index in [4.69, 9.17) is 14.2 Å². The van der Waals surface area contributed by atoms with E-state index >= 15 is 0 Å². The van der Waals surface area contributed by atoms with Gasteiger partial charge in [-0.05, 0) is 35.9 Å². The Morgan fingerprint density at radius 1 is 1.05 bits per heavy atom. The van der Waals surface area contributed by atoms with Crippen LogP contribution in [0.3, 0.4) is 0 Å². The standard InChI is InChI=1S/C17H14O4/c1-19-12-6-3-5-11(9-12)10-15-16(18)13-7-4-8-14(20-2)17(13)21-15/h3-10H,1-2H3/b15-10+. The molecule has 1 heterocycles. The highest BCUT2D eigenvalue weighted by molar-refractivity contribution is 6.15. The molecule has 0 fully saturated rings. The number of ketones is 1. The van der Waals surface area contributed by atoms with Gasteiger partial charge in [0.15, 0.2) is 17.3 Å². The lowest BCUT2D eigenvalue weighted by Crippen LogP contribution is -1.98. The second kappa shape index (κ2) is 5.32. The van der Waals surface area contributed by atoms with E-state index in [2.05, 4.69) is 0 Å². The predicted octanol–water partition coefficient (Wildman–Crippen LogP) is 3.32. The van der Waals surface area contributed by atoms with Gasteiger partial charge < -0.3 is 14.2 Å². The fraction of sp³-hybridized carbons (Fsp3) is 0.118. The van der Waals surface area contributed by atoms with Gasteiger partial charge in [-0.1, -0.05) is 18.2 Å². The summed E-state index contributed by atoms with van der Waals surface area (Å²) in [6, 6.07) is 12.7. The molecule has 0 aromatic heterocycles.